The van der Waals surface area contributed by atoms with Crippen LogP contribution in [-0.4, -0.2) is 65.9 Å². The first-order valence-electron chi connectivity index (χ1n) is 8.95. The van der Waals surface area contributed by atoms with E-state index in [2.05, 4.69) is 0 Å². The van der Waals surface area contributed by atoms with Crippen molar-refractivity contribution in [2.75, 3.05) is 26.3 Å². The molecule has 1 aromatic carbocycles. The van der Waals surface area contributed by atoms with Gasteiger partial charge < -0.3 is 14.4 Å². The second-order valence-electron chi connectivity index (χ2n) is 6.56. The highest BCUT2D eigenvalue weighted by Crippen LogP contribution is 2.17. The van der Waals surface area contributed by atoms with Crippen LogP contribution < -0.4 is 0 Å². The van der Waals surface area contributed by atoms with Gasteiger partial charge in [-0.1, -0.05) is 12.1 Å². The predicted molar refractivity (Wildman–Crippen MR) is 93.5 cm³/mol. The lowest BCUT2D eigenvalue weighted by atomic mass is 10.1. The van der Waals surface area contributed by atoms with E-state index in [1.54, 1.807) is 36.1 Å². The molecule has 3 rings (SSSR count). The number of rotatable bonds is 5. The van der Waals surface area contributed by atoms with Gasteiger partial charge >= 0.3 is 5.97 Å². The summed E-state index contributed by atoms with van der Waals surface area (Å²) in [5.41, 5.74) is 1.05. The van der Waals surface area contributed by atoms with Gasteiger partial charge in [-0.2, -0.15) is 0 Å². The van der Waals surface area contributed by atoms with Crippen molar-refractivity contribution in [2.24, 2.45) is 0 Å². The van der Waals surface area contributed by atoms with Gasteiger partial charge in [0.2, 0.25) is 11.8 Å². The number of amides is 3. The summed E-state index contributed by atoms with van der Waals surface area (Å²) in [4.78, 5) is 50.7. The fraction of sp³-hybridized carbons (Fsp3) is 0.474. The average Bonchev–Trinajstić information content (AvgIpc) is 3.00. The summed E-state index contributed by atoms with van der Waals surface area (Å²) in [6, 6.07) is 6.47. The van der Waals surface area contributed by atoms with Gasteiger partial charge in [-0.3, -0.25) is 19.3 Å². The van der Waals surface area contributed by atoms with Crippen LogP contribution in [0.25, 0.3) is 0 Å². The number of carbonyl (C=O) groups is 4. The minimum Gasteiger partial charge on any atom is -0.449 e. The van der Waals surface area contributed by atoms with Gasteiger partial charge in [0.05, 0.1) is 25.3 Å². The molecule has 1 atom stereocenters. The number of hydrogen-bond donors (Lipinski definition) is 0. The number of imide groups is 1. The van der Waals surface area contributed by atoms with Crippen LogP contribution in [0.5, 0.6) is 0 Å². The van der Waals surface area contributed by atoms with Crippen molar-refractivity contribution in [3.63, 3.8) is 0 Å². The van der Waals surface area contributed by atoms with Gasteiger partial charge in [0.15, 0.2) is 6.10 Å². The number of morpholine rings is 1. The summed E-state index contributed by atoms with van der Waals surface area (Å²) < 4.78 is 10.5. The molecule has 8 heteroatoms. The molecule has 2 fully saturated rings. The van der Waals surface area contributed by atoms with Crippen molar-refractivity contribution in [1.82, 2.24) is 9.80 Å². The summed E-state index contributed by atoms with van der Waals surface area (Å²) in [6.07, 6.45) is -0.383. The van der Waals surface area contributed by atoms with E-state index in [1.807, 2.05) is 0 Å². The van der Waals surface area contributed by atoms with Crippen LogP contribution in [0.4, 0.5) is 0 Å². The summed E-state index contributed by atoms with van der Waals surface area (Å²) in [7, 11) is 0. The van der Waals surface area contributed by atoms with Crippen LogP contribution in [0.3, 0.4) is 0 Å². The molecule has 2 heterocycles. The third kappa shape index (κ3) is 4.51. The molecule has 2 aliphatic rings. The zero-order valence-electron chi connectivity index (χ0n) is 15.2. The number of esters is 1. The van der Waals surface area contributed by atoms with Gasteiger partial charge in [-0.25, -0.2) is 4.79 Å². The second-order valence-corrected chi connectivity index (χ2v) is 6.56. The van der Waals surface area contributed by atoms with Crippen molar-refractivity contribution in [1.29, 1.82) is 0 Å². The molecule has 0 N–H and O–H groups in total. The van der Waals surface area contributed by atoms with Crippen molar-refractivity contribution >= 4 is 23.7 Å². The Morgan fingerprint density at radius 1 is 1.07 bits per heavy atom. The maximum absolute atomic E-state index is 12.3. The highest BCUT2D eigenvalue weighted by atomic mass is 16.5. The van der Waals surface area contributed by atoms with Gasteiger partial charge in [-0.05, 0) is 24.6 Å². The molecule has 0 aliphatic carbocycles. The first-order valence-corrected chi connectivity index (χ1v) is 8.95. The Morgan fingerprint density at radius 3 is 2.26 bits per heavy atom. The number of hydrogen-bond acceptors (Lipinski definition) is 6. The second kappa shape index (κ2) is 8.30. The number of carbonyl (C=O) groups excluding carboxylic acids is 4. The van der Waals surface area contributed by atoms with Gasteiger partial charge in [0.1, 0.15) is 0 Å². The summed E-state index contributed by atoms with van der Waals surface area (Å²) in [5.74, 6) is -1.20. The molecular formula is C19H22N2O6. The zero-order chi connectivity index (χ0) is 19.4. The number of nitrogens with zero attached hydrogens (tertiary/aromatic N) is 2. The topological polar surface area (TPSA) is 93.2 Å². The molecule has 1 unspecified atom stereocenters. The lowest BCUT2D eigenvalue weighted by Crippen LogP contribution is -2.46. The lowest BCUT2D eigenvalue weighted by molar-refractivity contribution is -0.144. The van der Waals surface area contributed by atoms with E-state index >= 15 is 0 Å². The van der Waals surface area contributed by atoms with E-state index in [0.29, 0.717) is 31.9 Å². The van der Waals surface area contributed by atoms with Crippen molar-refractivity contribution in [2.45, 2.75) is 32.4 Å². The third-order valence-corrected chi connectivity index (χ3v) is 4.64. The van der Waals surface area contributed by atoms with Crippen LogP contribution in [0.2, 0.25) is 0 Å². The number of likely N-dealkylation sites (tertiary alicyclic amines) is 1. The normalized spacial score (nSPS) is 18.6. The van der Waals surface area contributed by atoms with Gasteiger partial charge in [-0.15, -0.1) is 0 Å². The zero-order valence-corrected chi connectivity index (χ0v) is 15.2. The van der Waals surface area contributed by atoms with E-state index in [4.69, 9.17) is 9.47 Å². The number of ether oxygens (including phenoxy) is 2. The van der Waals surface area contributed by atoms with E-state index in [-0.39, 0.29) is 37.1 Å². The minimum atomic E-state index is -0.880. The largest absolute Gasteiger partial charge is 0.449 e. The van der Waals surface area contributed by atoms with Crippen molar-refractivity contribution < 1.29 is 28.7 Å². The summed E-state index contributed by atoms with van der Waals surface area (Å²) >= 11 is 0. The molecular weight excluding hydrogens is 352 g/mol. The average molecular weight is 374 g/mol. The van der Waals surface area contributed by atoms with E-state index in [9.17, 15) is 19.2 Å². The fourth-order valence-electron chi connectivity index (χ4n) is 3.05. The van der Waals surface area contributed by atoms with Crippen LogP contribution in [0.15, 0.2) is 24.3 Å². The number of benzene rings is 1. The summed E-state index contributed by atoms with van der Waals surface area (Å²) in [6.45, 7) is 3.69. The van der Waals surface area contributed by atoms with E-state index in [1.165, 1.54) is 4.90 Å². The standard InChI is InChI=1S/C19H22N2O6/c1-13(18(24)20-8-10-26-11-9-20)27-19(25)15-4-2-14(3-5-15)12-21-16(22)6-7-17(21)23/h2-5,13H,6-12H2,1H3. The third-order valence-electron chi connectivity index (χ3n) is 4.64. The first-order chi connectivity index (χ1) is 13.0. The predicted octanol–water partition coefficient (Wildman–Crippen LogP) is 0.740. The van der Waals surface area contributed by atoms with Crippen LogP contribution in [0.1, 0.15) is 35.7 Å². The maximum Gasteiger partial charge on any atom is 0.338 e. The fourth-order valence-corrected chi connectivity index (χ4v) is 3.05. The Morgan fingerprint density at radius 2 is 1.67 bits per heavy atom. The Labute approximate surface area is 157 Å². The quantitative estimate of drug-likeness (QED) is 0.557. The molecule has 8 nitrogen and oxygen atoms in total. The van der Waals surface area contributed by atoms with Gasteiger partial charge in [0, 0.05) is 25.9 Å². The van der Waals surface area contributed by atoms with Crippen LogP contribution in [-0.2, 0) is 30.4 Å². The molecule has 0 spiro atoms. The lowest BCUT2D eigenvalue weighted by Gasteiger charge is -2.28. The Hall–Kier alpha value is -2.74. The highest BCUT2D eigenvalue weighted by Gasteiger charge is 2.29. The minimum absolute atomic E-state index is 0.182. The first kappa shape index (κ1) is 19.0. The highest BCUT2D eigenvalue weighted by molar-refractivity contribution is 6.01. The maximum atomic E-state index is 12.3. The monoisotopic (exact) mass is 374 g/mol. The van der Waals surface area contributed by atoms with Crippen LogP contribution >= 0.6 is 0 Å². The molecule has 1 aromatic rings. The molecule has 2 saturated heterocycles. The van der Waals surface area contributed by atoms with Crippen molar-refractivity contribution in [3.05, 3.63) is 35.4 Å². The van der Waals surface area contributed by atoms with Gasteiger partial charge in [0.25, 0.3) is 5.91 Å². The molecule has 0 radical (unpaired) electrons. The van der Waals surface area contributed by atoms with E-state index < -0.39 is 12.1 Å². The molecule has 0 bridgehead atoms. The SMILES string of the molecule is CC(OC(=O)c1ccc(CN2C(=O)CCC2=O)cc1)C(=O)N1CCOCC1. The Bertz CT molecular complexity index is 723. The van der Waals surface area contributed by atoms with E-state index in [0.717, 1.165) is 5.56 Å². The smallest absolute Gasteiger partial charge is 0.338 e. The molecule has 0 aromatic heterocycles. The molecule has 2 aliphatic heterocycles. The molecule has 27 heavy (non-hydrogen) atoms. The molecule has 3 amide bonds. The van der Waals surface area contributed by atoms with Crippen LogP contribution in [0, 0.1) is 0 Å². The Balaban J connectivity index is 1.56. The Kier molecular flexibility index (Phi) is 5.85. The molecule has 144 valence electrons. The molecule has 0 saturated carbocycles. The summed E-state index contributed by atoms with van der Waals surface area (Å²) in [5, 5.41) is 0. The van der Waals surface area contributed by atoms with Crippen molar-refractivity contribution in [3.8, 4) is 0 Å².